The first-order valence-electron chi connectivity index (χ1n) is 13.8. The molecule has 3 aliphatic rings. The molecule has 4 atom stereocenters. The number of thioether (sulfide) groups is 1. The first-order chi connectivity index (χ1) is 16.2. The normalized spacial score (nSPS) is 27.2. The number of aliphatic carboxylic acids is 1. The summed E-state index contributed by atoms with van der Waals surface area (Å²) in [5, 5.41) is 10.3. The van der Waals surface area contributed by atoms with Gasteiger partial charge in [-0.2, -0.15) is 11.8 Å². The molecule has 2 heterocycles. The van der Waals surface area contributed by atoms with E-state index in [1.807, 2.05) is 0 Å². The fourth-order valence-electron chi connectivity index (χ4n) is 5.99. The average Bonchev–Trinajstić information content (AvgIpc) is 3.42. The van der Waals surface area contributed by atoms with Gasteiger partial charge in [0.2, 0.25) is 0 Å². The summed E-state index contributed by atoms with van der Waals surface area (Å²) in [5.41, 5.74) is 0. The second kappa shape index (κ2) is 15.9. The third-order valence-electron chi connectivity index (χ3n) is 7.87. The number of carbonyl (C=O) groups is 1. The largest absolute Gasteiger partial charge is 0.481 e. The maximum atomic E-state index is 10.6. The van der Waals surface area contributed by atoms with Gasteiger partial charge in [-0.05, 0) is 56.3 Å². The van der Waals surface area contributed by atoms with Crippen LogP contribution >= 0.6 is 11.8 Å². The molecule has 1 N–H and O–H groups in total. The summed E-state index contributed by atoms with van der Waals surface area (Å²) in [5.74, 6) is 8.41. The van der Waals surface area contributed by atoms with Gasteiger partial charge in [-0.1, -0.05) is 63.5 Å². The molecule has 2 bridgehead atoms. The fraction of sp³-hybridized carbons (Fsp3) is 0.828. The molecule has 0 spiro atoms. The quantitative estimate of drug-likeness (QED) is 0.150. The monoisotopic (exact) mass is 474 g/mol. The molecule has 186 valence electrons. The van der Waals surface area contributed by atoms with Crippen molar-refractivity contribution in [3.63, 3.8) is 0 Å². The Bertz CT molecular complexity index is 643. The molecule has 0 aromatic heterocycles. The summed E-state index contributed by atoms with van der Waals surface area (Å²) < 4.78 is 6.08. The smallest absolute Gasteiger partial charge is 0.303 e. The van der Waals surface area contributed by atoms with Gasteiger partial charge in [-0.15, -0.1) is 11.8 Å². The summed E-state index contributed by atoms with van der Waals surface area (Å²) in [6, 6.07) is 0. The van der Waals surface area contributed by atoms with E-state index in [4.69, 9.17) is 9.84 Å². The lowest BCUT2D eigenvalue weighted by molar-refractivity contribution is -0.137. The van der Waals surface area contributed by atoms with Gasteiger partial charge in [0.15, 0.2) is 0 Å². The molecular weight excluding hydrogens is 428 g/mol. The number of fused-ring (bicyclic) bond motifs is 2. The van der Waals surface area contributed by atoms with E-state index >= 15 is 0 Å². The van der Waals surface area contributed by atoms with E-state index in [0.717, 1.165) is 67.7 Å². The lowest BCUT2D eigenvalue weighted by Crippen LogP contribution is -2.30. The first-order valence-corrected chi connectivity index (χ1v) is 14.7. The van der Waals surface area contributed by atoms with Gasteiger partial charge in [0.1, 0.15) is 0 Å². The van der Waals surface area contributed by atoms with E-state index in [1.54, 1.807) is 0 Å². The zero-order valence-corrected chi connectivity index (χ0v) is 21.5. The summed E-state index contributed by atoms with van der Waals surface area (Å²) in [4.78, 5) is 10.6. The predicted molar refractivity (Wildman–Crippen MR) is 139 cm³/mol. The van der Waals surface area contributed by atoms with E-state index in [9.17, 15) is 4.79 Å². The molecular formula is C29H46O3S. The number of rotatable bonds is 15. The van der Waals surface area contributed by atoms with Gasteiger partial charge in [-0.3, -0.25) is 4.79 Å². The predicted octanol–water partition coefficient (Wildman–Crippen LogP) is 7.64. The van der Waals surface area contributed by atoms with Crippen molar-refractivity contribution in [3.05, 3.63) is 12.2 Å². The number of allylic oxidation sites excluding steroid dienone is 2. The lowest BCUT2D eigenvalue weighted by Gasteiger charge is -2.28. The van der Waals surface area contributed by atoms with Crippen molar-refractivity contribution in [2.45, 2.75) is 120 Å². The SMILES string of the molecule is O=C(O)CCCC=CC[C@@H]1[C@H](COCCC#CCCCCCC2CCCCC2)[C@@H]2CC[C@H]1S2. The van der Waals surface area contributed by atoms with Crippen molar-refractivity contribution in [1.82, 2.24) is 0 Å². The molecule has 3 rings (SSSR count). The van der Waals surface area contributed by atoms with Crippen LogP contribution in [0.2, 0.25) is 0 Å². The van der Waals surface area contributed by atoms with Gasteiger partial charge in [0.25, 0.3) is 0 Å². The molecule has 0 amide bonds. The molecule has 2 saturated heterocycles. The summed E-state index contributed by atoms with van der Waals surface area (Å²) >= 11 is 2.19. The molecule has 2 aliphatic heterocycles. The third kappa shape index (κ3) is 10.1. The number of hydrogen-bond acceptors (Lipinski definition) is 3. The van der Waals surface area contributed by atoms with Crippen LogP contribution in [0, 0.1) is 29.6 Å². The molecule has 0 radical (unpaired) electrons. The maximum absolute atomic E-state index is 10.6. The summed E-state index contributed by atoms with van der Waals surface area (Å²) in [6.45, 7) is 1.65. The van der Waals surface area contributed by atoms with Gasteiger partial charge < -0.3 is 9.84 Å². The van der Waals surface area contributed by atoms with E-state index in [2.05, 4.69) is 35.8 Å². The Labute approximate surface area is 206 Å². The van der Waals surface area contributed by atoms with E-state index in [-0.39, 0.29) is 6.42 Å². The van der Waals surface area contributed by atoms with Crippen LogP contribution in [0.3, 0.4) is 0 Å². The minimum atomic E-state index is -0.695. The highest BCUT2D eigenvalue weighted by atomic mass is 32.2. The maximum Gasteiger partial charge on any atom is 0.303 e. The lowest BCUT2D eigenvalue weighted by atomic mass is 9.78. The molecule has 1 aliphatic carbocycles. The van der Waals surface area contributed by atoms with Crippen LogP contribution in [0.15, 0.2) is 12.2 Å². The Morgan fingerprint density at radius 1 is 0.909 bits per heavy atom. The van der Waals surface area contributed by atoms with Crippen LogP contribution in [-0.2, 0) is 9.53 Å². The topological polar surface area (TPSA) is 46.5 Å². The summed E-state index contributed by atoms with van der Waals surface area (Å²) in [6.07, 6.45) is 24.9. The molecule has 1 saturated carbocycles. The highest BCUT2D eigenvalue weighted by molar-refractivity contribution is 8.01. The highest BCUT2D eigenvalue weighted by Crippen LogP contribution is 2.54. The standard InChI is InChI=1S/C29H46O3S/c30-29(31)19-13-6-5-12-18-25-26(28-21-20-27(25)33-28)23-32-22-14-7-3-1-2-4-9-15-24-16-10-8-11-17-24/h5,12,24-28H,1-2,4,6,8-11,13-23H2,(H,30,31)/t25-,26+,27-,28+/m1/s1. The van der Waals surface area contributed by atoms with E-state index < -0.39 is 5.97 Å². The van der Waals surface area contributed by atoms with Crippen molar-refractivity contribution in [1.29, 1.82) is 0 Å². The van der Waals surface area contributed by atoms with Crippen molar-refractivity contribution < 1.29 is 14.6 Å². The van der Waals surface area contributed by atoms with Gasteiger partial charge >= 0.3 is 5.97 Å². The Hall–Kier alpha value is -0.920. The number of ether oxygens (including phenoxy) is 1. The molecule has 3 nitrogen and oxygen atoms in total. The van der Waals surface area contributed by atoms with Crippen LogP contribution < -0.4 is 0 Å². The molecule has 4 heteroatoms. The number of carboxylic acids is 1. The molecule has 33 heavy (non-hydrogen) atoms. The molecule has 0 aromatic rings. The van der Waals surface area contributed by atoms with Gasteiger partial charge in [-0.25, -0.2) is 0 Å². The fourth-order valence-corrected chi connectivity index (χ4v) is 7.98. The van der Waals surface area contributed by atoms with Gasteiger partial charge in [0.05, 0.1) is 13.2 Å². The minimum absolute atomic E-state index is 0.272. The Balaban J connectivity index is 1.20. The third-order valence-corrected chi connectivity index (χ3v) is 9.74. The van der Waals surface area contributed by atoms with Crippen molar-refractivity contribution >= 4 is 17.7 Å². The van der Waals surface area contributed by atoms with Crippen LogP contribution in [0.5, 0.6) is 0 Å². The molecule has 0 aromatic carbocycles. The second-order valence-corrected chi connectivity index (χ2v) is 11.9. The van der Waals surface area contributed by atoms with Crippen LogP contribution in [0.1, 0.15) is 109 Å². The molecule has 3 fully saturated rings. The van der Waals surface area contributed by atoms with Crippen LogP contribution in [-0.4, -0.2) is 34.8 Å². The van der Waals surface area contributed by atoms with Crippen LogP contribution in [0.4, 0.5) is 0 Å². The number of unbranched alkanes of at least 4 members (excludes halogenated alkanes) is 4. The Kier molecular flexibility index (Phi) is 12.8. The average molecular weight is 475 g/mol. The van der Waals surface area contributed by atoms with Crippen molar-refractivity contribution in [3.8, 4) is 11.8 Å². The zero-order chi connectivity index (χ0) is 23.1. The summed E-state index contributed by atoms with van der Waals surface area (Å²) in [7, 11) is 0. The number of carboxylic acid groups (broad SMARTS) is 1. The van der Waals surface area contributed by atoms with Crippen LogP contribution in [0.25, 0.3) is 0 Å². The highest BCUT2D eigenvalue weighted by Gasteiger charge is 2.47. The van der Waals surface area contributed by atoms with E-state index in [1.165, 1.54) is 70.6 Å². The Morgan fingerprint density at radius 3 is 2.52 bits per heavy atom. The Morgan fingerprint density at radius 2 is 1.70 bits per heavy atom. The van der Waals surface area contributed by atoms with Gasteiger partial charge in [0, 0.05) is 29.8 Å². The second-order valence-electron chi connectivity index (χ2n) is 10.4. The first kappa shape index (κ1) is 26.7. The molecule has 0 unspecified atom stereocenters. The number of hydrogen-bond donors (Lipinski definition) is 1. The van der Waals surface area contributed by atoms with E-state index in [0.29, 0.717) is 5.92 Å². The minimum Gasteiger partial charge on any atom is -0.481 e. The van der Waals surface area contributed by atoms with Crippen molar-refractivity contribution in [2.24, 2.45) is 17.8 Å². The zero-order valence-electron chi connectivity index (χ0n) is 20.6. The van der Waals surface area contributed by atoms with Crippen molar-refractivity contribution in [2.75, 3.05) is 13.2 Å².